The molecule has 0 aliphatic rings. The molecule has 0 unspecified atom stereocenters. The average molecular weight is 255 g/mol. The molecule has 1 aromatic carbocycles. The normalized spacial score (nSPS) is 10.3. The van der Waals surface area contributed by atoms with Crippen LogP contribution < -0.4 is 11.1 Å². The van der Waals surface area contributed by atoms with Gasteiger partial charge in [-0.25, -0.2) is 0 Å². The Labute approximate surface area is 112 Å². The molecule has 4 heteroatoms. The largest absolute Gasteiger partial charge is 0.366 e. The quantitative estimate of drug-likeness (QED) is 0.769. The molecule has 98 valence electrons. The molecule has 2 aromatic rings. The van der Waals surface area contributed by atoms with Gasteiger partial charge in [0.1, 0.15) is 0 Å². The lowest BCUT2D eigenvalue weighted by atomic mass is 10.1. The van der Waals surface area contributed by atoms with E-state index in [0.717, 1.165) is 25.1 Å². The van der Waals surface area contributed by atoms with E-state index in [2.05, 4.69) is 16.4 Å². The van der Waals surface area contributed by atoms with Crippen LogP contribution in [0.4, 0.5) is 0 Å². The van der Waals surface area contributed by atoms with Gasteiger partial charge in [0.2, 0.25) is 5.91 Å². The number of primary amides is 1. The van der Waals surface area contributed by atoms with Crippen LogP contribution in [0, 0.1) is 0 Å². The molecule has 1 amide bonds. The van der Waals surface area contributed by atoms with Crippen LogP contribution >= 0.6 is 0 Å². The molecular formula is C15H17N3O. The second-order valence-corrected chi connectivity index (χ2v) is 4.35. The third-order valence-corrected chi connectivity index (χ3v) is 2.88. The molecule has 0 radical (unpaired) electrons. The minimum atomic E-state index is -0.393. The van der Waals surface area contributed by atoms with E-state index in [0.29, 0.717) is 5.56 Å². The Balaban J connectivity index is 1.75. The molecule has 2 rings (SSSR count). The van der Waals surface area contributed by atoms with E-state index in [9.17, 15) is 4.79 Å². The lowest BCUT2D eigenvalue weighted by Crippen LogP contribution is -2.17. The summed E-state index contributed by atoms with van der Waals surface area (Å²) in [6.07, 6.45) is 4.60. The highest BCUT2D eigenvalue weighted by Gasteiger charge is 1.99. The Morgan fingerprint density at radius 1 is 1.16 bits per heavy atom. The highest BCUT2D eigenvalue weighted by atomic mass is 16.1. The first kappa shape index (κ1) is 13.2. The van der Waals surface area contributed by atoms with Crippen molar-refractivity contribution >= 4 is 5.91 Å². The van der Waals surface area contributed by atoms with Crippen LogP contribution in [-0.4, -0.2) is 17.4 Å². The number of nitrogens with zero attached hydrogens (tertiary/aromatic N) is 1. The number of nitrogens with two attached hydrogens (primary N) is 1. The van der Waals surface area contributed by atoms with Gasteiger partial charge in [-0.2, -0.15) is 0 Å². The predicted molar refractivity (Wildman–Crippen MR) is 74.6 cm³/mol. The summed E-state index contributed by atoms with van der Waals surface area (Å²) in [4.78, 5) is 15.0. The molecule has 0 aliphatic heterocycles. The van der Waals surface area contributed by atoms with E-state index in [1.807, 2.05) is 24.4 Å². The maximum absolute atomic E-state index is 10.9. The monoisotopic (exact) mass is 255 g/mol. The van der Waals surface area contributed by atoms with E-state index in [1.54, 1.807) is 18.3 Å². The van der Waals surface area contributed by atoms with Crippen molar-refractivity contribution in [3.05, 3.63) is 65.5 Å². The molecule has 4 nitrogen and oxygen atoms in total. The van der Waals surface area contributed by atoms with E-state index in [4.69, 9.17) is 5.73 Å². The van der Waals surface area contributed by atoms with E-state index < -0.39 is 5.91 Å². The summed E-state index contributed by atoms with van der Waals surface area (Å²) in [6.45, 7) is 1.67. The minimum Gasteiger partial charge on any atom is -0.366 e. The topological polar surface area (TPSA) is 68.0 Å². The van der Waals surface area contributed by atoms with Gasteiger partial charge in [-0.3, -0.25) is 9.78 Å². The zero-order valence-corrected chi connectivity index (χ0v) is 10.7. The molecule has 0 bridgehead atoms. The van der Waals surface area contributed by atoms with Crippen molar-refractivity contribution in [2.45, 2.75) is 13.0 Å². The van der Waals surface area contributed by atoms with Gasteiger partial charge in [-0.1, -0.05) is 18.2 Å². The molecule has 0 saturated carbocycles. The summed E-state index contributed by atoms with van der Waals surface area (Å²) in [5, 5.41) is 3.35. The first-order valence-corrected chi connectivity index (χ1v) is 6.24. The van der Waals surface area contributed by atoms with E-state index in [-0.39, 0.29) is 0 Å². The number of nitrogens with one attached hydrogen (secondary N) is 1. The number of benzene rings is 1. The van der Waals surface area contributed by atoms with Crippen LogP contribution in [0.1, 0.15) is 21.5 Å². The van der Waals surface area contributed by atoms with E-state index in [1.165, 1.54) is 5.56 Å². The Bertz CT molecular complexity index is 523. The van der Waals surface area contributed by atoms with Crippen LogP contribution in [0.5, 0.6) is 0 Å². The molecule has 19 heavy (non-hydrogen) atoms. The SMILES string of the molecule is NC(=O)c1ccc(CNCCc2cccnc2)cc1. The Morgan fingerprint density at radius 2 is 1.95 bits per heavy atom. The van der Waals surface area contributed by atoms with Crippen LogP contribution in [0.15, 0.2) is 48.8 Å². The molecule has 0 saturated heterocycles. The summed E-state index contributed by atoms with van der Waals surface area (Å²) >= 11 is 0. The van der Waals surface area contributed by atoms with Gasteiger partial charge in [-0.05, 0) is 42.3 Å². The minimum absolute atomic E-state index is 0.393. The second kappa shape index (κ2) is 6.66. The van der Waals surface area contributed by atoms with Gasteiger partial charge >= 0.3 is 0 Å². The van der Waals surface area contributed by atoms with Gasteiger partial charge < -0.3 is 11.1 Å². The molecule has 0 aliphatic carbocycles. The number of carbonyl (C=O) groups excluding carboxylic acids is 1. The standard InChI is InChI=1S/C15H17N3O/c16-15(19)14-5-3-13(4-6-14)11-18-9-7-12-2-1-8-17-10-12/h1-6,8,10,18H,7,9,11H2,(H2,16,19). The maximum atomic E-state index is 10.9. The van der Waals surface area contributed by atoms with Crippen molar-refractivity contribution in [3.8, 4) is 0 Å². The Hall–Kier alpha value is -2.20. The first-order valence-electron chi connectivity index (χ1n) is 6.24. The molecular weight excluding hydrogens is 238 g/mol. The molecule has 0 atom stereocenters. The number of pyridine rings is 1. The van der Waals surface area contributed by atoms with Gasteiger partial charge in [0.05, 0.1) is 0 Å². The smallest absolute Gasteiger partial charge is 0.248 e. The zero-order chi connectivity index (χ0) is 13.5. The van der Waals surface area contributed by atoms with Crippen molar-refractivity contribution in [2.75, 3.05) is 6.54 Å². The van der Waals surface area contributed by atoms with Crippen molar-refractivity contribution in [2.24, 2.45) is 5.73 Å². The van der Waals surface area contributed by atoms with Crippen LogP contribution in [-0.2, 0) is 13.0 Å². The summed E-state index contributed by atoms with van der Waals surface area (Å²) in [7, 11) is 0. The highest BCUT2D eigenvalue weighted by molar-refractivity contribution is 5.92. The summed E-state index contributed by atoms with van der Waals surface area (Å²) in [5.41, 5.74) is 8.09. The van der Waals surface area contributed by atoms with Crippen LogP contribution in [0.25, 0.3) is 0 Å². The van der Waals surface area contributed by atoms with Gasteiger partial charge in [0, 0.05) is 24.5 Å². The second-order valence-electron chi connectivity index (χ2n) is 4.35. The molecule has 0 spiro atoms. The fourth-order valence-electron chi connectivity index (χ4n) is 1.80. The molecule has 1 aromatic heterocycles. The van der Waals surface area contributed by atoms with Gasteiger partial charge in [0.15, 0.2) is 0 Å². The summed E-state index contributed by atoms with van der Waals surface area (Å²) in [6, 6.07) is 11.3. The first-order chi connectivity index (χ1) is 9.25. The third kappa shape index (κ3) is 4.19. The van der Waals surface area contributed by atoms with Gasteiger partial charge in [-0.15, -0.1) is 0 Å². The molecule has 1 heterocycles. The zero-order valence-electron chi connectivity index (χ0n) is 10.7. The predicted octanol–water partition coefficient (Wildman–Crippen LogP) is 1.51. The van der Waals surface area contributed by atoms with Crippen molar-refractivity contribution in [3.63, 3.8) is 0 Å². The average Bonchev–Trinajstić information content (AvgIpc) is 2.45. The van der Waals surface area contributed by atoms with E-state index >= 15 is 0 Å². The number of hydrogen-bond acceptors (Lipinski definition) is 3. The van der Waals surface area contributed by atoms with Crippen molar-refractivity contribution in [1.82, 2.24) is 10.3 Å². The number of hydrogen-bond donors (Lipinski definition) is 2. The fraction of sp³-hybridized carbons (Fsp3) is 0.200. The highest BCUT2D eigenvalue weighted by Crippen LogP contribution is 2.03. The fourth-order valence-corrected chi connectivity index (χ4v) is 1.80. The van der Waals surface area contributed by atoms with Crippen LogP contribution in [0.2, 0.25) is 0 Å². The van der Waals surface area contributed by atoms with Gasteiger partial charge in [0.25, 0.3) is 0 Å². The number of carbonyl (C=O) groups is 1. The van der Waals surface area contributed by atoms with Crippen molar-refractivity contribution < 1.29 is 4.79 Å². The Kier molecular flexibility index (Phi) is 4.64. The summed E-state index contributed by atoms with van der Waals surface area (Å²) in [5.74, 6) is -0.393. The Morgan fingerprint density at radius 3 is 2.58 bits per heavy atom. The lowest BCUT2D eigenvalue weighted by Gasteiger charge is -2.05. The van der Waals surface area contributed by atoms with Crippen molar-refractivity contribution in [1.29, 1.82) is 0 Å². The maximum Gasteiger partial charge on any atom is 0.248 e. The summed E-state index contributed by atoms with van der Waals surface area (Å²) < 4.78 is 0. The number of amides is 1. The molecule has 0 fully saturated rings. The molecule has 3 N–H and O–H groups in total. The lowest BCUT2D eigenvalue weighted by molar-refractivity contribution is 0.100. The third-order valence-electron chi connectivity index (χ3n) is 2.88. The number of aromatic nitrogens is 1. The number of rotatable bonds is 6. The van der Waals surface area contributed by atoms with Crippen LogP contribution in [0.3, 0.4) is 0 Å².